The van der Waals surface area contributed by atoms with Crippen LogP contribution in [0.15, 0.2) is 60.3 Å². The molecule has 1 aromatic carbocycles. The number of rotatable bonds is 8. The second-order valence-corrected chi connectivity index (χ2v) is 7.45. The van der Waals surface area contributed by atoms with Gasteiger partial charge in [-0.15, -0.1) is 0 Å². The molecule has 1 atom stereocenters. The van der Waals surface area contributed by atoms with Crippen LogP contribution in [0.25, 0.3) is 5.69 Å². The maximum absolute atomic E-state index is 13.0. The third-order valence-corrected chi connectivity index (χ3v) is 5.55. The predicted molar refractivity (Wildman–Crippen MR) is 96.7 cm³/mol. The molecule has 0 saturated carbocycles. The fourth-order valence-corrected chi connectivity index (χ4v) is 4.12. The Kier molecular flexibility index (Phi) is 5.38. The number of sulfonamides is 1. The van der Waals surface area contributed by atoms with Gasteiger partial charge < -0.3 is 9.30 Å². The lowest BCUT2D eigenvalue weighted by molar-refractivity contribution is 0.401. The Morgan fingerprint density at radius 1 is 1.27 bits per heavy atom. The van der Waals surface area contributed by atoms with Crippen LogP contribution in [0.2, 0.25) is 0 Å². The monoisotopic (exact) mass is 375 g/mol. The maximum atomic E-state index is 13.0. The van der Waals surface area contributed by atoms with Gasteiger partial charge in [0.2, 0.25) is 10.0 Å². The molecule has 3 aromatic rings. The molecule has 9 heteroatoms. The van der Waals surface area contributed by atoms with Crippen LogP contribution < -0.4 is 9.46 Å². The van der Waals surface area contributed by atoms with Crippen LogP contribution in [0.4, 0.5) is 0 Å². The van der Waals surface area contributed by atoms with E-state index in [1.54, 1.807) is 60.1 Å². The molecule has 138 valence electrons. The van der Waals surface area contributed by atoms with Gasteiger partial charge in [-0.1, -0.05) is 6.92 Å². The summed E-state index contributed by atoms with van der Waals surface area (Å²) in [5.74, 6) is 0.283. The Bertz CT molecular complexity index is 937. The van der Waals surface area contributed by atoms with Gasteiger partial charge in [0, 0.05) is 37.4 Å². The molecule has 2 heterocycles. The van der Waals surface area contributed by atoms with Crippen molar-refractivity contribution in [2.24, 2.45) is 0 Å². The topological polar surface area (TPSA) is 91.0 Å². The zero-order chi connectivity index (χ0) is 18.6. The van der Waals surface area contributed by atoms with E-state index in [0.717, 1.165) is 0 Å². The van der Waals surface area contributed by atoms with Crippen LogP contribution in [-0.4, -0.2) is 40.9 Å². The normalized spacial score (nSPS) is 12.8. The Morgan fingerprint density at radius 3 is 2.73 bits per heavy atom. The molecule has 0 amide bonds. The number of nitrogens with zero attached hydrogens (tertiary/aromatic N) is 4. The van der Waals surface area contributed by atoms with E-state index >= 15 is 0 Å². The highest BCUT2D eigenvalue weighted by atomic mass is 32.2. The van der Waals surface area contributed by atoms with E-state index in [4.69, 9.17) is 4.74 Å². The number of aromatic nitrogens is 4. The number of imidazole rings is 1. The van der Waals surface area contributed by atoms with Gasteiger partial charge >= 0.3 is 0 Å². The molecule has 1 N–H and O–H groups in total. The molecular weight excluding hydrogens is 354 g/mol. The fraction of sp³-hybridized carbons (Fsp3) is 0.294. The molecule has 0 saturated heterocycles. The lowest BCUT2D eigenvalue weighted by Gasteiger charge is -2.19. The molecule has 2 aromatic heterocycles. The summed E-state index contributed by atoms with van der Waals surface area (Å²) in [5, 5.41) is 4.14. The third-order valence-electron chi connectivity index (χ3n) is 4.01. The van der Waals surface area contributed by atoms with Crippen LogP contribution >= 0.6 is 0 Å². The van der Waals surface area contributed by atoms with E-state index in [9.17, 15) is 8.42 Å². The van der Waals surface area contributed by atoms with Crippen molar-refractivity contribution < 1.29 is 13.2 Å². The summed E-state index contributed by atoms with van der Waals surface area (Å²) in [6.45, 7) is 2.43. The highest BCUT2D eigenvalue weighted by Crippen LogP contribution is 2.26. The molecule has 0 unspecified atom stereocenters. The zero-order valence-electron chi connectivity index (χ0n) is 14.6. The molecule has 0 aliphatic heterocycles. The number of methoxy groups -OCH3 is 1. The van der Waals surface area contributed by atoms with Crippen molar-refractivity contribution in [3.8, 4) is 11.4 Å². The van der Waals surface area contributed by atoms with Crippen molar-refractivity contribution in [1.29, 1.82) is 0 Å². The second kappa shape index (κ2) is 7.71. The minimum absolute atomic E-state index is 0.0806. The second-order valence-electron chi connectivity index (χ2n) is 5.77. The third kappa shape index (κ3) is 3.94. The quantitative estimate of drug-likeness (QED) is 0.649. The van der Waals surface area contributed by atoms with Crippen molar-refractivity contribution in [3.05, 3.63) is 55.4 Å². The highest BCUT2D eigenvalue weighted by Gasteiger charge is 2.24. The van der Waals surface area contributed by atoms with Crippen molar-refractivity contribution in [1.82, 2.24) is 24.1 Å². The zero-order valence-corrected chi connectivity index (χ0v) is 15.4. The van der Waals surface area contributed by atoms with Crippen LogP contribution in [0.1, 0.15) is 13.3 Å². The van der Waals surface area contributed by atoms with E-state index in [2.05, 4.69) is 14.8 Å². The number of ether oxygens (including phenoxy) is 1. The van der Waals surface area contributed by atoms with E-state index in [-0.39, 0.29) is 16.7 Å². The minimum atomic E-state index is -3.78. The largest absolute Gasteiger partial charge is 0.495 e. The molecule has 0 aliphatic rings. The van der Waals surface area contributed by atoms with Gasteiger partial charge in [-0.3, -0.25) is 0 Å². The lowest BCUT2D eigenvalue weighted by Crippen LogP contribution is -2.37. The first-order chi connectivity index (χ1) is 12.5. The summed E-state index contributed by atoms with van der Waals surface area (Å²) in [5.41, 5.74) is 0.638. The Labute approximate surface area is 152 Å². The molecular formula is C17H21N5O3S. The molecule has 3 rings (SSSR count). The number of hydrogen-bond donors (Lipinski definition) is 1. The molecule has 0 bridgehead atoms. The van der Waals surface area contributed by atoms with Crippen LogP contribution in [0.3, 0.4) is 0 Å². The average Bonchev–Trinajstić information content (AvgIpc) is 3.34. The SMILES string of the molecule is CC[C@H](Cn1ccnc1)NS(=O)(=O)c1cc(-n2cccn2)ccc1OC. The van der Waals surface area contributed by atoms with Crippen molar-refractivity contribution in [2.75, 3.05) is 7.11 Å². The Balaban J connectivity index is 1.90. The molecule has 0 fully saturated rings. The Hall–Kier alpha value is -2.65. The first kappa shape index (κ1) is 18.2. The van der Waals surface area contributed by atoms with Crippen LogP contribution in [-0.2, 0) is 16.6 Å². The minimum Gasteiger partial charge on any atom is -0.495 e. The van der Waals surface area contributed by atoms with E-state index in [1.165, 1.54) is 7.11 Å². The van der Waals surface area contributed by atoms with Gasteiger partial charge in [-0.05, 0) is 30.7 Å². The highest BCUT2D eigenvalue weighted by molar-refractivity contribution is 7.89. The summed E-state index contributed by atoms with van der Waals surface area (Å²) in [7, 11) is -2.33. The van der Waals surface area contributed by atoms with E-state index in [1.807, 2.05) is 11.5 Å². The number of hydrogen-bond acceptors (Lipinski definition) is 5. The van der Waals surface area contributed by atoms with Crippen molar-refractivity contribution >= 4 is 10.0 Å². The van der Waals surface area contributed by atoms with Crippen LogP contribution in [0.5, 0.6) is 5.75 Å². The van der Waals surface area contributed by atoms with Gasteiger partial charge in [0.05, 0.1) is 19.1 Å². The molecule has 0 aliphatic carbocycles. The molecule has 0 radical (unpaired) electrons. The summed E-state index contributed by atoms with van der Waals surface area (Å²) in [6, 6.07) is 6.44. The average molecular weight is 375 g/mol. The smallest absolute Gasteiger partial charge is 0.244 e. The molecule has 26 heavy (non-hydrogen) atoms. The summed E-state index contributed by atoms with van der Waals surface area (Å²) in [4.78, 5) is 4.07. The van der Waals surface area contributed by atoms with E-state index in [0.29, 0.717) is 18.7 Å². The van der Waals surface area contributed by atoms with Gasteiger partial charge in [-0.2, -0.15) is 5.10 Å². The van der Waals surface area contributed by atoms with Crippen LogP contribution in [0, 0.1) is 0 Å². The maximum Gasteiger partial charge on any atom is 0.244 e. The Morgan fingerprint density at radius 2 is 2.12 bits per heavy atom. The first-order valence-corrected chi connectivity index (χ1v) is 9.68. The first-order valence-electron chi connectivity index (χ1n) is 8.19. The lowest BCUT2D eigenvalue weighted by atomic mass is 10.2. The van der Waals surface area contributed by atoms with Gasteiger partial charge in [0.15, 0.2) is 0 Å². The van der Waals surface area contributed by atoms with Crippen molar-refractivity contribution in [3.63, 3.8) is 0 Å². The summed E-state index contributed by atoms with van der Waals surface area (Å²) >= 11 is 0. The molecule has 8 nitrogen and oxygen atoms in total. The molecule has 0 spiro atoms. The van der Waals surface area contributed by atoms with Gasteiger partial charge in [0.1, 0.15) is 10.6 Å². The van der Waals surface area contributed by atoms with Gasteiger partial charge in [0.25, 0.3) is 0 Å². The van der Waals surface area contributed by atoms with Crippen molar-refractivity contribution in [2.45, 2.75) is 30.8 Å². The summed E-state index contributed by atoms with van der Waals surface area (Å²) < 4.78 is 37.4. The van der Waals surface area contributed by atoms with E-state index < -0.39 is 10.0 Å². The predicted octanol–water partition coefficient (Wildman–Crippen LogP) is 1.83. The fourth-order valence-electron chi connectivity index (χ4n) is 2.62. The number of nitrogens with one attached hydrogen (secondary N) is 1. The number of benzene rings is 1. The summed E-state index contributed by atoms with van der Waals surface area (Å²) in [6.07, 6.45) is 9.15. The standard InChI is InChI=1S/C17H21N5O3S/c1-3-14(12-21-10-8-18-13-21)20-26(23,24)17-11-15(5-6-16(17)25-2)22-9-4-7-19-22/h4-11,13-14,20H,3,12H2,1-2H3/t14-/m1/s1. The van der Waals surface area contributed by atoms with Gasteiger partial charge in [-0.25, -0.2) is 22.8 Å².